The third-order valence-electron chi connectivity index (χ3n) is 4.60. The van der Waals surface area contributed by atoms with Gasteiger partial charge in [-0.05, 0) is 24.6 Å². The first-order valence-electron chi connectivity index (χ1n) is 9.72. The molecule has 1 aliphatic rings. The summed E-state index contributed by atoms with van der Waals surface area (Å²) >= 11 is 1.10. The zero-order valence-corrected chi connectivity index (χ0v) is 19.3. The van der Waals surface area contributed by atoms with Gasteiger partial charge in [0.1, 0.15) is 4.90 Å². The minimum atomic E-state index is -3.80. The number of para-hydroxylation sites is 2. The number of hydrogen-bond acceptors (Lipinski definition) is 7. The van der Waals surface area contributed by atoms with E-state index in [4.69, 9.17) is 9.47 Å². The van der Waals surface area contributed by atoms with Crippen molar-refractivity contribution in [3.05, 3.63) is 48.0 Å². The number of benzene rings is 2. The van der Waals surface area contributed by atoms with Gasteiger partial charge in [-0.3, -0.25) is 4.79 Å². The number of fused-ring (bicyclic) bond motifs is 1. The van der Waals surface area contributed by atoms with Crippen LogP contribution < -0.4 is 19.7 Å². The van der Waals surface area contributed by atoms with Crippen molar-refractivity contribution < 1.29 is 22.7 Å². The van der Waals surface area contributed by atoms with Gasteiger partial charge in [0.05, 0.1) is 25.7 Å². The standard InChI is InChI=1S/C21H25N3O5S2/c1-4-12-24-16-9-5-6-11-18(16)31(26,27)23-21(24)30-14-19(25)22-13-15-8-7-10-17(28-2)20(15)29-3/h5-11H,4,12-14H2,1-3H3,(H,22,25). The summed E-state index contributed by atoms with van der Waals surface area (Å²) in [7, 11) is -0.705. The van der Waals surface area contributed by atoms with Crippen molar-refractivity contribution >= 4 is 38.5 Å². The van der Waals surface area contributed by atoms with Gasteiger partial charge in [-0.1, -0.05) is 43.0 Å². The molecule has 0 radical (unpaired) electrons. The number of anilines is 1. The van der Waals surface area contributed by atoms with Crippen molar-refractivity contribution in [2.24, 2.45) is 4.40 Å². The van der Waals surface area contributed by atoms with Gasteiger partial charge in [0.2, 0.25) is 5.91 Å². The molecule has 0 aromatic heterocycles. The van der Waals surface area contributed by atoms with Crippen LogP contribution in [0.15, 0.2) is 51.8 Å². The van der Waals surface area contributed by atoms with Crippen LogP contribution in [0.3, 0.4) is 0 Å². The maximum absolute atomic E-state index is 12.6. The van der Waals surface area contributed by atoms with E-state index in [1.165, 1.54) is 0 Å². The van der Waals surface area contributed by atoms with E-state index in [1.807, 2.05) is 24.0 Å². The maximum Gasteiger partial charge on any atom is 0.286 e. The van der Waals surface area contributed by atoms with E-state index in [9.17, 15) is 13.2 Å². The summed E-state index contributed by atoms with van der Waals surface area (Å²) in [5.41, 5.74) is 1.36. The quantitative estimate of drug-likeness (QED) is 0.643. The predicted molar refractivity (Wildman–Crippen MR) is 123 cm³/mol. The average molecular weight is 464 g/mol. The Morgan fingerprint density at radius 3 is 2.61 bits per heavy atom. The van der Waals surface area contributed by atoms with Crippen molar-refractivity contribution in [2.45, 2.75) is 24.8 Å². The molecule has 0 saturated carbocycles. The summed E-state index contributed by atoms with van der Waals surface area (Å²) in [6.45, 7) is 2.86. The summed E-state index contributed by atoms with van der Waals surface area (Å²) < 4.78 is 39.7. The molecule has 0 fully saturated rings. The molecule has 0 bridgehead atoms. The highest BCUT2D eigenvalue weighted by atomic mass is 32.2. The van der Waals surface area contributed by atoms with Crippen LogP contribution in [0.25, 0.3) is 0 Å². The molecular weight excluding hydrogens is 438 g/mol. The van der Waals surface area contributed by atoms with E-state index in [0.717, 1.165) is 23.7 Å². The Bertz CT molecular complexity index is 1090. The molecule has 0 aliphatic carbocycles. The van der Waals surface area contributed by atoms with Crippen LogP contribution in [-0.2, 0) is 21.4 Å². The molecule has 2 aromatic rings. The number of rotatable bonds is 8. The molecule has 1 heterocycles. The van der Waals surface area contributed by atoms with Crippen LogP contribution in [0.1, 0.15) is 18.9 Å². The Morgan fingerprint density at radius 2 is 1.90 bits per heavy atom. The molecule has 1 aliphatic heterocycles. The predicted octanol–water partition coefficient (Wildman–Crippen LogP) is 3.03. The van der Waals surface area contributed by atoms with Crippen molar-refractivity contribution in [3.63, 3.8) is 0 Å². The highest BCUT2D eigenvalue weighted by molar-refractivity contribution is 8.15. The average Bonchev–Trinajstić information content (AvgIpc) is 2.78. The smallest absolute Gasteiger partial charge is 0.286 e. The summed E-state index contributed by atoms with van der Waals surface area (Å²) in [5.74, 6) is 0.930. The van der Waals surface area contributed by atoms with Gasteiger partial charge in [0.15, 0.2) is 16.7 Å². The fourth-order valence-corrected chi connectivity index (χ4v) is 5.52. The van der Waals surface area contributed by atoms with Gasteiger partial charge in [0.25, 0.3) is 10.0 Å². The maximum atomic E-state index is 12.6. The second-order valence-electron chi connectivity index (χ2n) is 6.69. The van der Waals surface area contributed by atoms with E-state index in [1.54, 1.807) is 44.6 Å². The molecule has 3 rings (SSSR count). The summed E-state index contributed by atoms with van der Waals surface area (Å²) in [5, 5.41) is 3.13. The van der Waals surface area contributed by atoms with Gasteiger partial charge in [-0.2, -0.15) is 8.42 Å². The number of nitrogens with one attached hydrogen (secondary N) is 1. The molecule has 0 spiro atoms. The number of carbonyl (C=O) groups excluding carboxylic acids is 1. The Labute approximate surface area is 186 Å². The summed E-state index contributed by atoms with van der Waals surface area (Å²) in [6.07, 6.45) is 0.801. The minimum Gasteiger partial charge on any atom is -0.493 e. The van der Waals surface area contributed by atoms with Gasteiger partial charge < -0.3 is 19.7 Å². The first kappa shape index (κ1) is 23.0. The van der Waals surface area contributed by atoms with Crippen molar-refractivity contribution in [1.29, 1.82) is 0 Å². The van der Waals surface area contributed by atoms with Crippen molar-refractivity contribution in [2.75, 3.05) is 31.4 Å². The monoisotopic (exact) mass is 463 g/mol. The number of methoxy groups -OCH3 is 2. The third kappa shape index (κ3) is 5.13. The Morgan fingerprint density at radius 1 is 1.13 bits per heavy atom. The topological polar surface area (TPSA) is 97.3 Å². The molecule has 8 nitrogen and oxygen atoms in total. The fourth-order valence-electron chi connectivity index (χ4n) is 3.21. The van der Waals surface area contributed by atoms with Crippen LogP contribution in [0.4, 0.5) is 5.69 Å². The Hall–Kier alpha value is -2.72. The molecule has 0 unspecified atom stereocenters. The fraction of sp³-hybridized carbons (Fsp3) is 0.333. The van der Waals surface area contributed by atoms with E-state index in [0.29, 0.717) is 28.9 Å². The number of nitrogens with zero attached hydrogens (tertiary/aromatic N) is 2. The number of hydrogen-bond donors (Lipinski definition) is 1. The van der Waals surface area contributed by atoms with Crippen LogP contribution in [0.5, 0.6) is 11.5 Å². The molecular formula is C21H25N3O5S2. The number of amidine groups is 1. The number of amides is 1. The molecule has 166 valence electrons. The lowest BCUT2D eigenvalue weighted by Gasteiger charge is -2.29. The van der Waals surface area contributed by atoms with Crippen LogP contribution in [-0.4, -0.2) is 46.0 Å². The van der Waals surface area contributed by atoms with Crippen LogP contribution >= 0.6 is 11.8 Å². The Balaban J connectivity index is 1.69. The largest absolute Gasteiger partial charge is 0.493 e. The second kappa shape index (κ2) is 10.1. The molecule has 1 amide bonds. The highest BCUT2D eigenvalue weighted by Gasteiger charge is 2.30. The summed E-state index contributed by atoms with van der Waals surface area (Å²) in [4.78, 5) is 14.5. The number of ether oxygens (including phenoxy) is 2. The minimum absolute atomic E-state index is 0.0308. The Kier molecular flexibility index (Phi) is 7.45. The number of sulfonamides is 1. The van der Waals surface area contributed by atoms with Gasteiger partial charge in [-0.25, -0.2) is 0 Å². The zero-order valence-electron chi connectivity index (χ0n) is 17.6. The lowest BCUT2D eigenvalue weighted by Crippen LogP contribution is -2.36. The second-order valence-corrected chi connectivity index (χ2v) is 9.20. The van der Waals surface area contributed by atoms with E-state index < -0.39 is 10.0 Å². The molecule has 31 heavy (non-hydrogen) atoms. The third-order valence-corrected chi connectivity index (χ3v) is 7.01. The molecule has 1 N–H and O–H groups in total. The molecule has 10 heteroatoms. The first-order valence-corrected chi connectivity index (χ1v) is 12.1. The van der Waals surface area contributed by atoms with Gasteiger partial charge in [-0.15, -0.1) is 4.40 Å². The van der Waals surface area contributed by atoms with E-state index >= 15 is 0 Å². The van der Waals surface area contributed by atoms with Crippen LogP contribution in [0, 0.1) is 0 Å². The number of carbonyl (C=O) groups is 1. The molecule has 0 atom stereocenters. The number of thioether (sulfide) groups is 1. The normalized spacial score (nSPS) is 14.4. The van der Waals surface area contributed by atoms with Gasteiger partial charge in [0, 0.05) is 18.7 Å². The van der Waals surface area contributed by atoms with E-state index in [2.05, 4.69) is 9.71 Å². The van der Waals surface area contributed by atoms with E-state index in [-0.39, 0.29) is 23.1 Å². The molecule has 0 saturated heterocycles. The molecule has 2 aromatic carbocycles. The first-order chi connectivity index (χ1) is 14.9. The lowest BCUT2D eigenvalue weighted by molar-refractivity contribution is -0.118. The lowest BCUT2D eigenvalue weighted by atomic mass is 10.2. The zero-order chi connectivity index (χ0) is 22.4. The van der Waals surface area contributed by atoms with Gasteiger partial charge >= 0.3 is 0 Å². The summed E-state index contributed by atoms with van der Waals surface area (Å²) in [6, 6.07) is 12.2. The van der Waals surface area contributed by atoms with Crippen LogP contribution in [0.2, 0.25) is 0 Å². The highest BCUT2D eigenvalue weighted by Crippen LogP contribution is 2.34. The van der Waals surface area contributed by atoms with Crippen molar-refractivity contribution in [3.8, 4) is 11.5 Å². The van der Waals surface area contributed by atoms with Crippen molar-refractivity contribution in [1.82, 2.24) is 5.32 Å². The SMILES string of the molecule is CCCN1C(SCC(=O)NCc2cccc(OC)c2OC)=NS(=O)(=O)c2ccccc21.